The molecule has 0 saturated carbocycles. The zero-order chi connectivity index (χ0) is 12.8. The van der Waals surface area contributed by atoms with Crippen LogP contribution in [0, 0.1) is 0 Å². The average Bonchev–Trinajstić information content (AvgIpc) is 2.27. The van der Waals surface area contributed by atoms with Crippen molar-refractivity contribution in [3.63, 3.8) is 0 Å². The highest BCUT2D eigenvalue weighted by atomic mass is 35.5. The first-order valence-electron chi connectivity index (χ1n) is 4.69. The van der Waals surface area contributed by atoms with Crippen LogP contribution in [0.1, 0.15) is 0 Å². The Morgan fingerprint density at radius 1 is 1.47 bits per heavy atom. The zero-order valence-corrected chi connectivity index (χ0v) is 9.88. The van der Waals surface area contributed by atoms with E-state index >= 15 is 0 Å². The van der Waals surface area contributed by atoms with E-state index in [1.165, 1.54) is 7.11 Å². The molecule has 0 aromatic heterocycles. The van der Waals surface area contributed by atoms with Gasteiger partial charge in [0.1, 0.15) is 5.75 Å². The molecule has 17 heavy (non-hydrogen) atoms. The van der Waals surface area contributed by atoms with Crippen molar-refractivity contribution in [2.45, 2.75) is 0 Å². The summed E-state index contributed by atoms with van der Waals surface area (Å²) in [5.41, 5.74) is 5.33. The van der Waals surface area contributed by atoms with Crippen LogP contribution >= 0.6 is 11.6 Å². The van der Waals surface area contributed by atoms with Crippen LogP contribution in [0.5, 0.6) is 5.75 Å². The predicted molar refractivity (Wildman–Crippen MR) is 64.2 cm³/mol. The van der Waals surface area contributed by atoms with Crippen molar-refractivity contribution in [1.29, 1.82) is 0 Å². The molecule has 0 unspecified atom stereocenters. The van der Waals surface area contributed by atoms with Crippen molar-refractivity contribution >= 4 is 29.2 Å². The van der Waals surface area contributed by atoms with Crippen LogP contribution in [-0.4, -0.2) is 25.6 Å². The van der Waals surface area contributed by atoms with E-state index in [-0.39, 0.29) is 6.54 Å². The number of benzene rings is 1. The smallest absolute Gasteiger partial charge is 0.318 e. The first-order valence-corrected chi connectivity index (χ1v) is 5.07. The number of nitrogens with one attached hydrogen (secondary N) is 2. The number of primary amides is 1. The third-order valence-electron chi connectivity index (χ3n) is 1.88. The molecule has 3 amide bonds. The van der Waals surface area contributed by atoms with E-state index in [1.54, 1.807) is 18.2 Å². The van der Waals surface area contributed by atoms with Crippen LogP contribution in [0.25, 0.3) is 0 Å². The summed E-state index contributed by atoms with van der Waals surface area (Å²) in [7, 11) is 1.52. The van der Waals surface area contributed by atoms with E-state index in [9.17, 15) is 9.59 Å². The molecule has 0 aliphatic heterocycles. The summed E-state index contributed by atoms with van der Waals surface area (Å²) >= 11 is 5.90. The van der Waals surface area contributed by atoms with Crippen molar-refractivity contribution in [1.82, 2.24) is 5.32 Å². The minimum absolute atomic E-state index is 0.115. The lowest BCUT2D eigenvalue weighted by Crippen LogP contribution is -2.38. The number of amides is 3. The van der Waals surface area contributed by atoms with E-state index < -0.39 is 11.9 Å². The first kappa shape index (κ1) is 13.1. The van der Waals surface area contributed by atoms with Crippen molar-refractivity contribution in [2.24, 2.45) is 5.73 Å². The van der Waals surface area contributed by atoms with Gasteiger partial charge < -0.3 is 15.8 Å². The number of carbonyl (C=O) groups excluding carboxylic acids is 2. The molecule has 92 valence electrons. The molecule has 0 heterocycles. The molecule has 0 aliphatic carbocycles. The van der Waals surface area contributed by atoms with Gasteiger partial charge in [0.25, 0.3) is 0 Å². The second-order valence-corrected chi connectivity index (χ2v) is 3.52. The number of urea groups is 1. The van der Waals surface area contributed by atoms with Gasteiger partial charge >= 0.3 is 6.03 Å². The largest absolute Gasteiger partial charge is 0.497 e. The maximum Gasteiger partial charge on any atom is 0.318 e. The summed E-state index contributed by atoms with van der Waals surface area (Å²) in [6.45, 7) is -0.115. The number of carbonyl (C=O) groups is 2. The maximum absolute atomic E-state index is 11.1. The fourth-order valence-corrected chi connectivity index (χ4v) is 1.31. The average molecular weight is 258 g/mol. The second kappa shape index (κ2) is 5.95. The summed E-state index contributed by atoms with van der Waals surface area (Å²) in [6, 6.07) is 4.07. The van der Waals surface area contributed by atoms with Gasteiger partial charge in [0, 0.05) is 6.07 Å². The summed E-state index contributed by atoms with van der Waals surface area (Å²) in [5.74, 6) is 0.0589. The number of hydrogen-bond acceptors (Lipinski definition) is 4. The summed E-state index contributed by atoms with van der Waals surface area (Å²) in [5, 5.41) is 5.13. The molecular formula is C10H12ClN3O3. The second-order valence-electron chi connectivity index (χ2n) is 3.11. The Bertz CT molecular complexity index is 437. The Balaban J connectivity index is 2.62. The molecule has 0 aliphatic rings. The lowest BCUT2D eigenvalue weighted by Gasteiger charge is -2.09. The Morgan fingerprint density at radius 3 is 2.76 bits per heavy atom. The van der Waals surface area contributed by atoms with Gasteiger partial charge in [0.05, 0.1) is 24.4 Å². The summed E-state index contributed by atoms with van der Waals surface area (Å²) in [4.78, 5) is 21.5. The molecule has 0 fully saturated rings. The molecule has 0 saturated heterocycles. The standard InChI is InChI=1S/C10H12ClN3O3/c1-17-6-2-3-7(11)8(4-6)13-5-9(15)14-10(12)16/h2-4,13H,5H2,1H3,(H3,12,14,15,16). The molecule has 7 heteroatoms. The SMILES string of the molecule is COc1ccc(Cl)c(NCC(=O)NC(N)=O)c1. The van der Waals surface area contributed by atoms with Gasteiger partial charge in [-0.25, -0.2) is 4.79 Å². The van der Waals surface area contributed by atoms with Gasteiger partial charge in [-0.15, -0.1) is 0 Å². The normalized spacial score (nSPS) is 9.53. The number of rotatable bonds is 4. The zero-order valence-electron chi connectivity index (χ0n) is 9.12. The monoisotopic (exact) mass is 257 g/mol. The predicted octanol–water partition coefficient (Wildman–Crippen LogP) is 0.955. The molecular weight excluding hydrogens is 246 g/mol. The highest BCUT2D eigenvalue weighted by Gasteiger charge is 2.06. The number of halogens is 1. The van der Waals surface area contributed by atoms with Gasteiger partial charge in [-0.3, -0.25) is 10.1 Å². The third-order valence-corrected chi connectivity index (χ3v) is 2.21. The van der Waals surface area contributed by atoms with Crippen LogP contribution < -0.4 is 21.1 Å². The number of methoxy groups -OCH3 is 1. The van der Waals surface area contributed by atoms with Crippen molar-refractivity contribution in [3.8, 4) is 5.75 Å². The van der Waals surface area contributed by atoms with Crippen LogP contribution in [0.15, 0.2) is 18.2 Å². The molecule has 1 aromatic carbocycles. The Hall–Kier alpha value is -1.95. The lowest BCUT2D eigenvalue weighted by atomic mass is 10.3. The van der Waals surface area contributed by atoms with Crippen molar-refractivity contribution in [2.75, 3.05) is 19.0 Å². The highest BCUT2D eigenvalue weighted by molar-refractivity contribution is 6.33. The summed E-state index contributed by atoms with van der Waals surface area (Å²) < 4.78 is 5.01. The highest BCUT2D eigenvalue weighted by Crippen LogP contribution is 2.26. The van der Waals surface area contributed by atoms with Gasteiger partial charge in [0.15, 0.2) is 0 Å². The van der Waals surface area contributed by atoms with Crippen LogP contribution in [0.3, 0.4) is 0 Å². The molecule has 0 spiro atoms. The van der Waals surface area contributed by atoms with Crippen LogP contribution in [0.2, 0.25) is 5.02 Å². The third kappa shape index (κ3) is 4.20. The fraction of sp³-hybridized carbons (Fsp3) is 0.200. The van der Waals surface area contributed by atoms with E-state index in [0.29, 0.717) is 16.5 Å². The first-order chi connectivity index (χ1) is 8.02. The Morgan fingerprint density at radius 2 is 2.18 bits per heavy atom. The summed E-state index contributed by atoms with van der Waals surface area (Å²) in [6.07, 6.45) is 0. The number of nitrogens with two attached hydrogens (primary N) is 1. The van der Waals surface area contributed by atoms with Gasteiger partial charge in [-0.1, -0.05) is 11.6 Å². The van der Waals surface area contributed by atoms with Crippen LogP contribution in [-0.2, 0) is 4.79 Å². The van der Waals surface area contributed by atoms with Crippen molar-refractivity contribution < 1.29 is 14.3 Å². The molecule has 4 N–H and O–H groups in total. The van der Waals surface area contributed by atoms with Gasteiger partial charge in [0.2, 0.25) is 5.91 Å². The molecule has 0 radical (unpaired) electrons. The quantitative estimate of drug-likeness (QED) is 0.749. The minimum atomic E-state index is -0.895. The molecule has 6 nitrogen and oxygen atoms in total. The van der Waals surface area contributed by atoms with Gasteiger partial charge in [-0.05, 0) is 12.1 Å². The molecule has 0 bridgehead atoms. The van der Waals surface area contributed by atoms with Crippen LogP contribution in [0.4, 0.5) is 10.5 Å². The fourth-order valence-electron chi connectivity index (χ4n) is 1.12. The number of ether oxygens (including phenoxy) is 1. The Kier molecular flexibility index (Phi) is 4.59. The number of anilines is 1. The lowest BCUT2D eigenvalue weighted by molar-refractivity contribution is -0.118. The van der Waals surface area contributed by atoms with E-state index in [0.717, 1.165) is 0 Å². The minimum Gasteiger partial charge on any atom is -0.497 e. The number of imide groups is 1. The van der Waals surface area contributed by atoms with Crippen molar-refractivity contribution in [3.05, 3.63) is 23.2 Å². The van der Waals surface area contributed by atoms with Gasteiger partial charge in [-0.2, -0.15) is 0 Å². The number of hydrogen-bond donors (Lipinski definition) is 3. The molecule has 1 aromatic rings. The topological polar surface area (TPSA) is 93.4 Å². The van der Waals surface area contributed by atoms with E-state index in [1.807, 2.05) is 5.32 Å². The van der Waals surface area contributed by atoms with E-state index in [2.05, 4.69) is 5.32 Å². The molecule has 0 atom stereocenters. The Labute approximate surface area is 103 Å². The maximum atomic E-state index is 11.1. The molecule has 1 rings (SSSR count). The van der Waals surface area contributed by atoms with E-state index in [4.69, 9.17) is 22.1 Å².